The zero-order chi connectivity index (χ0) is 11.4. The van der Waals surface area contributed by atoms with Gasteiger partial charge in [0.25, 0.3) is 0 Å². The molecular formula is C13H24N2O. The molecule has 1 unspecified atom stereocenters. The van der Waals surface area contributed by atoms with E-state index in [2.05, 4.69) is 17.6 Å². The zero-order valence-electron chi connectivity index (χ0n) is 10.3. The van der Waals surface area contributed by atoms with Crippen LogP contribution in [0.4, 0.5) is 0 Å². The fraction of sp³-hybridized carbons (Fsp3) is 0.923. The van der Waals surface area contributed by atoms with Crippen molar-refractivity contribution in [1.82, 2.24) is 10.6 Å². The molecule has 0 aromatic heterocycles. The maximum atomic E-state index is 11.7. The number of amides is 1. The van der Waals surface area contributed by atoms with Gasteiger partial charge in [-0.3, -0.25) is 4.79 Å². The number of carbonyl (C=O) groups excluding carboxylic acids is 1. The Morgan fingerprint density at radius 1 is 1.25 bits per heavy atom. The molecule has 1 amide bonds. The Hall–Kier alpha value is -0.570. The lowest BCUT2D eigenvalue weighted by Crippen LogP contribution is -2.42. The summed E-state index contributed by atoms with van der Waals surface area (Å²) in [7, 11) is 0. The Kier molecular flexibility index (Phi) is 4.22. The van der Waals surface area contributed by atoms with Gasteiger partial charge >= 0.3 is 0 Å². The van der Waals surface area contributed by atoms with Crippen molar-refractivity contribution in [3.8, 4) is 0 Å². The summed E-state index contributed by atoms with van der Waals surface area (Å²) in [6, 6.07) is 1.02. The standard InChI is InChI=1S/C13H24N2O/c1-2-12(10-7-8-10)14-9-13(16)15-11-5-3-4-6-11/h10-12,14H,2-9H2,1H3,(H,15,16). The maximum absolute atomic E-state index is 11.7. The van der Waals surface area contributed by atoms with Crippen molar-refractivity contribution in [2.24, 2.45) is 5.92 Å². The van der Waals surface area contributed by atoms with Gasteiger partial charge < -0.3 is 10.6 Å². The fourth-order valence-electron chi connectivity index (χ4n) is 2.72. The largest absolute Gasteiger partial charge is 0.352 e. The second-order valence-electron chi connectivity index (χ2n) is 5.28. The first-order valence-electron chi connectivity index (χ1n) is 6.82. The molecule has 2 aliphatic carbocycles. The smallest absolute Gasteiger partial charge is 0.234 e. The lowest BCUT2D eigenvalue weighted by atomic mass is 10.1. The lowest BCUT2D eigenvalue weighted by Gasteiger charge is -2.17. The van der Waals surface area contributed by atoms with Crippen LogP contribution >= 0.6 is 0 Å². The summed E-state index contributed by atoms with van der Waals surface area (Å²) in [5.41, 5.74) is 0. The van der Waals surface area contributed by atoms with Gasteiger partial charge in [0.2, 0.25) is 5.91 Å². The molecule has 2 saturated carbocycles. The molecule has 2 N–H and O–H groups in total. The third-order valence-electron chi connectivity index (χ3n) is 3.88. The minimum Gasteiger partial charge on any atom is -0.352 e. The first kappa shape index (κ1) is 11.9. The molecule has 0 aromatic carbocycles. The van der Waals surface area contributed by atoms with Crippen molar-refractivity contribution in [2.75, 3.05) is 6.54 Å². The molecule has 3 heteroatoms. The first-order chi connectivity index (χ1) is 7.79. The van der Waals surface area contributed by atoms with E-state index in [1.54, 1.807) is 0 Å². The molecule has 92 valence electrons. The van der Waals surface area contributed by atoms with E-state index >= 15 is 0 Å². The second-order valence-corrected chi connectivity index (χ2v) is 5.28. The first-order valence-corrected chi connectivity index (χ1v) is 6.82. The monoisotopic (exact) mass is 224 g/mol. The maximum Gasteiger partial charge on any atom is 0.234 e. The molecule has 0 heterocycles. The molecule has 3 nitrogen and oxygen atoms in total. The molecule has 1 atom stereocenters. The molecule has 0 aromatic rings. The van der Waals surface area contributed by atoms with Crippen molar-refractivity contribution >= 4 is 5.91 Å². The summed E-state index contributed by atoms with van der Waals surface area (Å²) >= 11 is 0. The van der Waals surface area contributed by atoms with E-state index in [0.29, 0.717) is 18.6 Å². The van der Waals surface area contributed by atoms with Crippen LogP contribution in [0.3, 0.4) is 0 Å². The Bertz CT molecular complexity index is 232. The quantitative estimate of drug-likeness (QED) is 0.722. The average Bonchev–Trinajstić information content (AvgIpc) is 2.98. The van der Waals surface area contributed by atoms with E-state index in [1.807, 2.05) is 0 Å². The van der Waals surface area contributed by atoms with Gasteiger partial charge in [0.15, 0.2) is 0 Å². The molecule has 0 aliphatic heterocycles. The van der Waals surface area contributed by atoms with Crippen molar-refractivity contribution in [1.29, 1.82) is 0 Å². The average molecular weight is 224 g/mol. The van der Waals surface area contributed by atoms with Crippen molar-refractivity contribution in [3.05, 3.63) is 0 Å². The van der Waals surface area contributed by atoms with E-state index in [-0.39, 0.29) is 5.91 Å². The molecule has 0 radical (unpaired) electrons. The van der Waals surface area contributed by atoms with E-state index in [9.17, 15) is 4.79 Å². The van der Waals surface area contributed by atoms with E-state index in [1.165, 1.54) is 38.5 Å². The van der Waals surface area contributed by atoms with Gasteiger partial charge in [0.05, 0.1) is 6.54 Å². The van der Waals surface area contributed by atoms with Gasteiger partial charge in [-0.1, -0.05) is 19.8 Å². The van der Waals surface area contributed by atoms with Crippen LogP contribution in [0.15, 0.2) is 0 Å². The zero-order valence-corrected chi connectivity index (χ0v) is 10.3. The Morgan fingerprint density at radius 2 is 1.94 bits per heavy atom. The van der Waals surface area contributed by atoms with E-state index in [4.69, 9.17) is 0 Å². The van der Waals surface area contributed by atoms with Crippen LogP contribution in [-0.2, 0) is 4.79 Å². The van der Waals surface area contributed by atoms with Crippen LogP contribution in [0.5, 0.6) is 0 Å². The second kappa shape index (κ2) is 5.67. The number of rotatable bonds is 6. The molecule has 0 saturated heterocycles. The molecule has 16 heavy (non-hydrogen) atoms. The highest BCUT2D eigenvalue weighted by Crippen LogP contribution is 2.33. The number of carbonyl (C=O) groups is 1. The highest BCUT2D eigenvalue weighted by atomic mass is 16.1. The van der Waals surface area contributed by atoms with Crippen LogP contribution in [-0.4, -0.2) is 24.5 Å². The van der Waals surface area contributed by atoms with Gasteiger partial charge in [0.1, 0.15) is 0 Å². The van der Waals surface area contributed by atoms with Crippen molar-refractivity contribution in [3.63, 3.8) is 0 Å². The molecule has 2 fully saturated rings. The number of hydrogen-bond donors (Lipinski definition) is 2. The minimum absolute atomic E-state index is 0.186. The summed E-state index contributed by atoms with van der Waals surface area (Å²) in [5.74, 6) is 1.02. The predicted molar refractivity (Wildman–Crippen MR) is 65.2 cm³/mol. The minimum atomic E-state index is 0.186. The van der Waals surface area contributed by atoms with Crippen LogP contribution in [0.2, 0.25) is 0 Å². The summed E-state index contributed by atoms with van der Waals surface area (Å²) < 4.78 is 0. The van der Waals surface area contributed by atoms with Gasteiger partial charge in [-0.05, 0) is 38.0 Å². The van der Waals surface area contributed by atoms with Gasteiger partial charge in [-0.25, -0.2) is 0 Å². The lowest BCUT2D eigenvalue weighted by molar-refractivity contribution is -0.121. The highest BCUT2D eigenvalue weighted by molar-refractivity contribution is 5.78. The van der Waals surface area contributed by atoms with Crippen molar-refractivity contribution in [2.45, 2.75) is 64.0 Å². The predicted octanol–water partition coefficient (Wildman–Crippen LogP) is 1.82. The highest BCUT2D eigenvalue weighted by Gasteiger charge is 2.29. The summed E-state index contributed by atoms with van der Waals surface area (Å²) in [6.07, 6.45) is 8.72. The number of hydrogen-bond acceptors (Lipinski definition) is 2. The Balaban J connectivity index is 1.62. The van der Waals surface area contributed by atoms with E-state index in [0.717, 1.165) is 12.3 Å². The topological polar surface area (TPSA) is 41.1 Å². The molecule has 2 rings (SSSR count). The SMILES string of the molecule is CCC(NCC(=O)NC1CCCC1)C1CC1. The van der Waals surface area contributed by atoms with Crippen LogP contribution in [0.1, 0.15) is 51.9 Å². The third-order valence-corrected chi connectivity index (χ3v) is 3.88. The van der Waals surface area contributed by atoms with Crippen LogP contribution in [0.25, 0.3) is 0 Å². The van der Waals surface area contributed by atoms with Crippen LogP contribution < -0.4 is 10.6 Å². The van der Waals surface area contributed by atoms with Crippen molar-refractivity contribution < 1.29 is 4.79 Å². The summed E-state index contributed by atoms with van der Waals surface area (Å²) in [4.78, 5) is 11.7. The summed E-state index contributed by atoms with van der Waals surface area (Å²) in [5, 5.41) is 6.51. The van der Waals surface area contributed by atoms with Gasteiger partial charge in [-0.2, -0.15) is 0 Å². The van der Waals surface area contributed by atoms with Crippen LogP contribution in [0, 0.1) is 5.92 Å². The molecule has 2 aliphatic rings. The summed E-state index contributed by atoms with van der Waals surface area (Å²) in [6.45, 7) is 2.70. The van der Waals surface area contributed by atoms with Gasteiger partial charge in [-0.15, -0.1) is 0 Å². The molecule has 0 spiro atoms. The molecule has 0 bridgehead atoms. The van der Waals surface area contributed by atoms with Gasteiger partial charge in [0, 0.05) is 12.1 Å². The van der Waals surface area contributed by atoms with E-state index < -0.39 is 0 Å². The fourth-order valence-corrected chi connectivity index (χ4v) is 2.72. The number of nitrogens with one attached hydrogen (secondary N) is 2. The third kappa shape index (κ3) is 3.48. The Morgan fingerprint density at radius 3 is 2.50 bits per heavy atom. The Labute approximate surface area is 98.4 Å². The molecular weight excluding hydrogens is 200 g/mol. The normalized spacial score (nSPS) is 23.3.